The molecule has 0 unspecified atom stereocenters. The molecule has 1 amide bonds. The third kappa shape index (κ3) is 3.32. The quantitative estimate of drug-likeness (QED) is 0.902. The van der Waals surface area contributed by atoms with Crippen LogP contribution in [0.2, 0.25) is 0 Å². The van der Waals surface area contributed by atoms with Crippen LogP contribution in [-0.2, 0) is 0 Å². The number of nitrogens with one attached hydrogen (secondary N) is 1. The van der Waals surface area contributed by atoms with E-state index in [4.69, 9.17) is 0 Å². The Morgan fingerprint density at radius 1 is 1.25 bits per heavy atom. The number of piperazine rings is 1. The molecule has 3 rings (SSSR count). The summed E-state index contributed by atoms with van der Waals surface area (Å²) in [6.45, 7) is 8.34. The Morgan fingerprint density at radius 2 is 1.92 bits per heavy atom. The Kier molecular flexibility index (Phi) is 5.67. The molecule has 1 atom stereocenters. The maximum absolute atomic E-state index is 13.1. The third-order valence-electron chi connectivity index (χ3n) is 4.51. The SMILES string of the molecule is Cc1cc(C(=O)N2CCNC[C@H]2C)c(C)n1-c1ccc(F)cc1.Cl. The molecule has 6 heteroatoms. The van der Waals surface area contributed by atoms with E-state index in [0.29, 0.717) is 0 Å². The molecule has 1 aliphatic heterocycles. The van der Waals surface area contributed by atoms with Gasteiger partial charge in [0.1, 0.15) is 5.82 Å². The lowest BCUT2D eigenvalue weighted by Crippen LogP contribution is -2.52. The molecule has 1 N–H and O–H groups in total. The number of hydrogen-bond donors (Lipinski definition) is 1. The standard InChI is InChI=1S/C18H22FN3O.ClH/c1-12-10-17(18(23)21-9-8-20-11-13(21)2)14(3)22(12)16-6-4-15(19)5-7-16;/h4-7,10,13,20H,8-9,11H2,1-3H3;1H/t13-;/m1./s1. The molecule has 1 aromatic carbocycles. The lowest BCUT2D eigenvalue weighted by Gasteiger charge is -2.34. The highest BCUT2D eigenvalue weighted by molar-refractivity contribution is 5.96. The van der Waals surface area contributed by atoms with Crippen molar-refractivity contribution in [1.82, 2.24) is 14.8 Å². The molecule has 130 valence electrons. The van der Waals surface area contributed by atoms with Crippen LogP contribution in [0.4, 0.5) is 4.39 Å². The number of nitrogens with zero attached hydrogens (tertiary/aromatic N) is 2. The first-order valence-corrected chi connectivity index (χ1v) is 7.95. The molecule has 0 aliphatic carbocycles. The van der Waals surface area contributed by atoms with Gasteiger partial charge in [0.2, 0.25) is 0 Å². The highest BCUT2D eigenvalue weighted by Gasteiger charge is 2.27. The predicted octanol–water partition coefficient (Wildman–Crippen LogP) is 3.09. The van der Waals surface area contributed by atoms with E-state index >= 15 is 0 Å². The highest BCUT2D eigenvalue weighted by atomic mass is 35.5. The van der Waals surface area contributed by atoms with Gasteiger partial charge in [-0.15, -0.1) is 12.4 Å². The lowest BCUT2D eigenvalue weighted by molar-refractivity contribution is 0.0655. The average molecular weight is 352 g/mol. The molecule has 1 aliphatic rings. The number of benzene rings is 1. The van der Waals surface area contributed by atoms with Gasteiger partial charge in [-0.1, -0.05) is 0 Å². The second-order valence-electron chi connectivity index (χ2n) is 6.15. The number of carbonyl (C=O) groups is 1. The van der Waals surface area contributed by atoms with Crippen LogP contribution >= 0.6 is 12.4 Å². The van der Waals surface area contributed by atoms with Crippen LogP contribution in [0.1, 0.15) is 28.7 Å². The number of halogens is 2. The van der Waals surface area contributed by atoms with Gasteiger partial charge in [-0.2, -0.15) is 0 Å². The largest absolute Gasteiger partial charge is 0.333 e. The molecule has 0 saturated carbocycles. The molecule has 2 aromatic rings. The summed E-state index contributed by atoms with van der Waals surface area (Å²) in [6.07, 6.45) is 0. The molecule has 1 fully saturated rings. The number of hydrogen-bond acceptors (Lipinski definition) is 2. The summed E-state index contributed by atoms with van der Waals surface area (Å²) in [5, 5.41) is 3.30. The van der Waals surface area contributed by atoms with Crippen LogP contribution in [0.5, 0.6) is 0 Å². The van der Waals surface area contributed by atoms with E-state index in [2.05, 4.69) is 12.2 Å². The second-order valence-corrected chi connectivity index (χ2v) is 6.15. The highest BCUT2D eigenvalue weighted by Crippen LogP contribution is 2.23. The summed E-state index contributed by atoms with van der Waals surface area (Å²) >= 11 is 0. The maximum atomic E-state index is 13.1. The van der Waals surface area contributed by atoms with E-state index in [9.17, 15) is 9.18 Å². The first-order chi connectivity index (χ1) is 11.0. The van der Waals surface area contributed by atoms with Crippen molar-refractivity contribution in [3.8, 4) is 5.69 Å². The van der Waals surface area contributed by atoms with Gasteiger partial charge in [-0.05, 0) is 51.1 Å². The summed E-state index contributed by atoms with van der Waals surface area (Å²) in [5.41, 5.74) is 3.46. The maximum Gasteiger partial charge on any atom is 0.256 e. The van der Waals surface area contributed by atoms with Crippen molar-refractivity contribution in [3.05, 3.63) is 53.1 Å². The van der Waals surface area contributed by atoms with E-state index in [1.54, 1.807) is 12.1 Å². The Labute approximate surface area is 148 Å². The van der Waals surface area contributed by atoms with Crippen molar-refractivity contribution >= 4 is 18.3 Å². The van der Waals surface area contributed by atoms with Crippen molar-refractivity contribution in [2.75, 3.05) is 19.6 Å². The smallest absolute Gasteiger partial charge is 0.256 e. The van der Waals surface area contributed by atoms with Gasteiger partial charge >= 0.3 is 0 Å². The summed E-state index contributed by atoms with van der Waals surface area (Å²) in [6, 6.07) is 8.46. The molecule has 0 bridgehead atoms. The number of amides is 1. The first kappa shape index (κ1) is 18.5. The fourth-order valence-electron chi connectivity index (χ4n) is 3.26. The fourth-order valence-corrected chi connectivity index (χ4v) is 3.26. The van der Waals surface area contributed by atoms with Crippen molar-refractivity contribution < 1.29 is 9.18 Å². The average Bonchev–Trinajstić information content (AvgIpc) is 2.83. The number of aryl methyl sites for hydroxylation is 1. The summed E-state index contributed by atoms with van der Waals surface area (Å²) in [4.78, 5) is 14.8. The minimum absolute atomic E-state index is 0. The Hall–Kier alpha value is -1.85. The zero-order valence-electron chi connectivity index (χ0n) is 14.2. The van der Waals surface area contributed by atoms with Gasteiger partial charge < -0.3 is 14.8 Å². The van der Waals surface area contributed by atoms with Crippen molar-refractivity contribution in [2.24, 2.45) is 0 Å². The van der Waals surface area contributed by atoms with Gasteiger partial charge in [-0.3, -0.25) is 4.79 Å². The molecule has 4 nitrogen and oxygen atoms in total. The van der Waals surface area contributed by atoms with Crippen LogP contribution in [0.15, 0.2) is 30.3 Å². The number of aromatic nitrogens is 1. The van der Waals surface area contributed by atoms with E-state index in [0.717, 1.165) is 42.3 Å². The van der Waals surface area contributed by atoms with Crippen LogP contribution in [0.25, 0.3) is 5.69 Å². The van der Waals surface area contributed by atoms with Crippen LogP contribution in [0, 0.1) is 19.7 Å². The lowest BCUT2D eigenvalue weighted by atomic mass is 10.1. The predicted molar refractivity (Wildman–Crippen MR) is 95.8 cm³/mol. The van der Waals surface area contributed by atoms with Gasteiger partial charge in [0.25, 0.3) is 5.91 Å². The summed E-state index contributed by atoms with van der Waals surface area (Å²) in [7, 11) is 0. The van der Waals surface area contributed by atoms with Crippen molar-refractivity contribution in [1.29, 1.82) is 0 Å². The summed E-state index contributed by atoms with van der Waals surface area (Å²) in [5.74, 6) is -0.192. The van der Waals surface area contributed by atoms with E-state index < -0.39 is 0 Å². The van der Waals surface area contributed by atoms with Crippen LogP contribution in [-0.4, -0.2) is 41.1 Å². The number of carbonyl (C=O) groups excluding carboxylic acids is 1. The Bertz CT molecular complexity index is 727. The Balaban J connectivity index is 0.00000208. The summed E-state index contributed by atoms with van der Waals surface area (Å²) < 4.78 is 15.1. The van der Waals surface area contributed by atoms with Gasteiger partial charge in [0, 0.05) is 42.8 Å². The van der Waals surface area contributed by atoms with E-state index in [1.165, 1.54) is 12.1 Å². The minimum Gasteiger partial charge on any atom is -0.333 e. The molecule has 24 heavy (non-hydrogen) atoms. The zero-order valence-corrected chi connectivity index (χ0v) is 15.0. The molecular weight excluding hydrogens is 329 g/mol. The molecule has 1 aromatic heterocycles. The topological polar surface area (TPSA) is 37.3 Å². The van der Waals surface area contributed by atoms with Gasteiger partial charge in [0.15, 0.2) is 0 Å². The fraction of sp³-hybridized carbons (Fsp3) is 0.389. The normalized spacial score (nSPS) is 17.5. The second kappa shape index (κ2) is 7.36. The van der Waals surface area contributed by atoms with Gasteiger partial charge in [-0.25, -0.2) is 4.39 Å². The van der Waals surface area contributed by atoms with Gasteiger partial charge in [0.05, 0.1) is 5.56 Å². The molecule has 0 radical (unpaired) electrons. The van der Waals surface area contributed by atoms with Crippen molar-refractivity contribution in [2.45, 2.75) is 26.8 Å². The van der Waals surface area contributed by atoms with Crippen molar-refractivity contribution in [3.63, 3.8) is 0 Å². The zero-order chi connectivity index (χ0) is 16.6. The third-order valence-corrected chi connectivity index (χ3v) is 4.51. The molecule has 2 heterocycles. The Morgan fingerprint density at radius 3 is 2.54 bits per heavy atom. The molecule has 0 spiro atoms. The first-order valence-electron chi connectivity index (χ1n) is 7.95. The monoisotopic (exact) mass is 351 g/mol. The molecular formula is C18H23ClFN3O. The minimum atomic E-state index is -0.262. The number of rotatable bonds is 2. The molecule has 1 saturated heterocycles. The van der Waals surface area contributed by atoms with Crippen LogP contribution < -0.4 is 5.32 Å². The van der Waals surface area contributed by atoms with E-state index in [1.807, 2.05) is 29.4 Å². The van der Waals surface area contributed by atoms with Crippen LogP contribution in [0.3, 0.4) is 0 Å². The van der Waals surface area contributed by atoms with E-state index in [-0.39, 0.29) is 30.2 Å².